The number of pyridine rings is 1. The van der Waals surface area contributed by atoms with Crippen LogP contribution in [0.25, 0.3) is 15.5 Å². The molecule has 0 saturated heterocycles. The highest BCUT2D eigenvalue weighted by Gasteiger charge is 2.15. The molecule has 4 heterocycles. The molecule has 0 aromatic carbocycles. The second-order valence-electron chi connectivity index (χ2n) is 4.46. The van der Waals surface area contributed by atoms with Crippen LogP contribution in [0.3, 0.4) is 0 Å². The highest BCUT2D eigenvalue weighted by Crippen LogP contribution is 2.32. The first-order chi connectivity index (χ1) is 10.3. The number of imidazole rings is 1. The van der Waals surface area contributed by atoms with Crippen LogP contribution in [0, 0.1) is 0 Å². The zero-order valence-corrected chi connectivity index (χ0v) is 12.8. The molecule has 0 aliphatic heterocycles. The van der Waals surface area contributed by atoms with Crippen LogP contribution in [0.2, 0.25) is 0 Å². The monoisotopic (exact) mass is 313 g/mol. The molecule has 0 amide bonds. The minimum atomic E-state index is 0.898. The lowest BCUT2D eigenvalue weighted by Gasteiger charge is -2.14. The first-order valence-electron chi connectivity index (χ1n) is 6.35. The highest BCUT2D eigenvalue weighted by atomic mass is 32.1. The summed E-state index contributed by atoms with van der Waals surface area (Å²) >= 11 is 3.26. The van der Waals surface area contributed by atoms with E-state index in [0.717, 1.165) is 21.5 Å². The SMILES string of the molecule is CN(c1ccncc1)c1nn2c(-c3cccs3)cnc2s1. The summed E-state index contributed by atoms with van der Waals surface area (Å²) < 4.78 is 1.91. The number of nitrogens with zero attached hydrogens (tertiary/aromatic N) is 5. The van der Waals surface area contributed by atoms with Gasteiger partial charge in [0.25, 0.3) is 0 Å². The molecular weight excluding hydrogens is 302 g/mol. The van der Waals surface area contributed by atoms with E-state index in [4.69, 9.17) is 0 Å². The van der Waals surface area contributed by atoms with Crippen molar-refractivity contribution in [3.8, 4) is 10.6 Å². The lowest BCUT2D eigenvalue weighted by Crippen LogP contribution is -2.09. The lowest BCUT2D eigenvalue weighted by atomic mass is 10.4. The standard InChI is InChI=1S/C14H11N5S2/c1-18(10-4-6-15-7-5-10)14-17-19-11(9-16-13(19)21-14)12-3-2-8-20-12/h2-9H,1H3. The third-order valence-electron chi connectivity index (χ3n) is 3.19. The van der Waals surface area contributed by atoms with Crippen molar-refractivity contribution in [1.29, 1.82) is 0 Å². The Kier molecular flexibility index (Phi) is 2.94. The Hall–Kier alpha value is -2.25. The van der Waals surface area contributed by atoms with Crippen molar-refractivity contribution in [3.63, 3.8) is 0 Å². The normalized spacial score (nSPS) is 11.1. The summed E-state index contributed by atoms with van der Waals surface area (Å²) in [7, 11) is 2.00. The second kappa shape index (κ2) is 4.94. The smallest absolute Gasteiger partial charge is 0.214 e. The number of rotatable bonds is 3. The molecule has 4 rings (SSSR count). The molecule has 0 atom stereocenters. The van der Waals surface area contributed by atoms with Crippen LogP contribution >= 0.6 is 22.7 Å². The number of thiophene rings is 1. The Morgan fingerprint density at radius 3 is 2.81 bits per heavy atom. The van der Waals surface area contributed by atoms with Gasteiger partial charge in [0.1, 0.15) is 5.69 Å². The molecule has 21 heavy (non-hydrogen) atoms. The van der Waals surface area contributed by atoms with E-state index in [2.05, 4.69) is 26.5 Å². The summed E-state index contributed by atoms with van der Waals surface area (Å²) in [5.74, 6) is 0. The minimum absolute atomic E-state index is 0.898. The van der Waals surface area contributed by atoms with Gasteiger partial charge >= 0.3 is 0 Å². The summed E-state index contributed by atoms with van der Waals surface area (Å²) in [6.07, 6.45) is 5.43. The summed E-state index contributed by atoms with van der Waals surface area (Å²) in [5.41, 5.74) is 2.09. The summed E-state index contributed by atoms with van der Waals surface area (Å²) in [5, 5.41) is 7.66. The van der Waals surface area contributed by atoms with E-state index in [0.29, 0.717) is 0 Å². The average Bonchev–Trinajstić information content (AvgIpc) is 3.23. The molecule has 4 aromatic heterocycles. The zero-order chi connectivity index (χ0) is 14.2. The fourth-order valence-corrected chi connectivity index (χ4v) is 3.67. The molecule has 5 nitrogen and oxygen atoms in total. The van der Waals surface area contributed by atoms with Gasteiger partial charge < -0.3 is 4.90 Å². The lowest BCUT2D eigenvalue weighted by molar-refractivity contribution is 0.961. The molecule has 0 radical (unpaired) electrons. The Balaban J connectivity index is 1.78. The molecule has 0 fully saturated rings. The summed E-state index contributed by atoms with van der Waals surface area (Å²) in [6.45, 7) is 0. The first-order valence-corrected chi connectivity index (χ1v) is 8.05. The van der Waals surface area contributed by atoms with Crippen molar-refractivity contribution in [2.75, 3.05) is 11.9 Å². The van der Waals surface area contributed by atoms with E-state index in [1.54, 1.807) is 35.1 Å². The van der Waals surface area contributed by atoms with Crippen LogP contribution in [-0.2, 0) is 0 Å². The van der Waals surface area contributed by atoms with Crippen LogP contribution in [-0.4, -0.2) is 26.6 Å². The predicted octanol–water partition coefficient (Wildman–Crippen LogP) is 3.68. The third kappa shape index (κ3) is 2.10. The fourth-order valence-electron chi connectivity index (χ4n) is 2.09. The Morgan fingerprint density at radius 1 is 1.19 bits per heavy atom. The Labute approximate surface area is 129 Å². The maximum Gasteiger partial charge on any atom is 0.214 e. The van der Waals surface area contributed by atoms with E-state index in [9.17, 15) is 0 Å². The number of fused-ring (bicyclic) bond motifs is 1. The van der Waals surface area contributed by atoms with Gasteiger partial charge in [-0.05, 0) is 23.6 Å². The van der Waals surface area contributed by atoms with E-state index in [-0.39, 0.29) is 0 Å². The van der Waals surface area contributed by atoms with Gasteiger partial charge in [-0.25, -0.2) is 9.50 Å². The molecule has 0 spiro atoms. The summed E-state index contributed by atoms with van der Waals surface area (Å²) in [4.78, 5) is 12.6. The number of aromatic nitrogens is 4. The van der Waals surface area contributed by atoms with Crippen molar-refractivity contribution >= 4 is 38.5 Å². The van der Waals surface area contributed by atoms with Crippen molar-refractivity contribution in [2.24, 2.45) is 0 Å². The average molecular weight is 313 g/mol. The minimum Gasteiger partial charge on any atom is -0.319 e. The van der Waals surface area contributed by atoms with Gasteiger partial charge in [0, 0.05) is 25.1 Å². The topological polar surface area (TPSA) is 46.3 Å². The van der Waals surface area contributed by atoms with Crippen LogP contribution in [0.4, 0.5) is 10.8 Å². The van der Waals surface area contributed by atoms with Gasteiger partial charge in [0.2, 0.25) is 10.1 Å². The molecule has 0 saturated carbocycles. The maximum atomic E-state index is 4.69. The third-order valence-corrected chi connectivity index (χ3v) is 5.08. The van der Waals surface area contributed by atoms with E-state index in [1.165, 1.54) is 4.88 Å². The van der Waals surface area contributed by atoms with E-state index in [1.807, 2.05) is 40.9 Å². The Morgan fingerprint density at radius 2 is 2.05 bits per heavy atom. The Bertz CT molecular complexity index is 863. The molecule has 0 bridgehead atoms. The largest absolute Gasteiger partial charge is 0.319 e. The van der Waals surface area contributed by atoms with Crippen LogP contribution in [0.5, 0.6) is 0 Å². The molecular formula is C14H11N5S2. The van der Waals surface area contributed by atoms with E-state index >= 15 is 0 Å². The second-order valence-corrected chi connectivity index (χ2v) is 6.35. The molecule has 4 aromatic rings. The fraction of sp³-hybridized carbons (Fsp3) is 0.0714. The van der Waals surface area contributed by atoms with Gasteiger partial charge in [-0.2, -0.15) is 0 Å². The van der Waals surface area contributed by atoms with Gasteiger partial charge in [-0.15, -0.1) is 16.4 Å². The molecule has 0 unspecified atom stereocenters. The number of hydrogen-bond donors (Lipinski definition) is 0. The maximum absolute atomic E-state index is 4.69. The van der Waals surface area contributed by atoms with Gasteiger partial charge in [0.05, 0.1) is 11.1 Å². The molecule has 0 aliphatic rings. The van der Waals surface area contributed by atoms with Gasteiger partial charge in [0.15, 0.2) is 0 Å². The quantitative estimate of drug-likeness (QED) is 0.579. The van der Waals surface area contributed by atoms with Crippen LogP contribution in [0.15, 0.2) is 48.2 Å². The van der Waals surface area contributed by atoms with Crippen LogP contribution < -0.4 is 4.90 Å². The van der Waals surface area contributed by atoms with Crippen molar-refractivity contribution in [2.45, 2.75) is 0 Å². The van der Waals surface area contributed by atoms with Crippen molar-refractivity contribution in [3.05, 3.63) is 48.2 Å². The molecule has 7 heteroatoms. The van der Waals surface area contributed by atoms with Gasteiger partial charge in [-0.3, -0.25) is 4.98 Å². The molecule has 0 aliphatic carbocycles. The first kappa shape index (κ1) is 12.5. The van der Waals surface area contributed by atoms with Crippen molar-refractivity contribution in [1.82, 2.24) is 19.6 Å². The van der Waals surface area contributed by atoms with Gasteiger partial charge in [-0.1, -0.05) is 17.4 Å². The predicted molar refractivity (Wildman–Crippen MR) is 86.5 cm³/mol. The zero-order valence-electron chi connectivity index (χ0n) is 11.2. The molecule has 104 valence electrons. The van der Waals surface area contributed by atoms with Crippen molar-refractivity contribution < 1.29 is 0 Å². The highest BCUT2D eigenvalue weighted by molar-refractivity contribution is 7.20. The van der Waals surface area contributed by atoms with E-state index < -0.39 is 0 Å². The van der Waals surface area contributed by atoms with Crippen LogP contribution in [0.1, 0.15) is 0 Å². The number of anilines is 2. The number of hydrogen-bond acceptors (Lipinski definition) is 6. The molecule has 0 N–H and O–H groups in total. The summed E-state index contributed by atoms with van der Waals surface area (Å²) in [6, 6.07) is 8.05.